The number of rotatable bonds is 3. The fraction of sp³-hybridized carbons (Fsp3) is 0.222. The summed E-state index contributed by atoms with van der Waals surface area (Å²) in [5.41, 5.74) is 0.449. The number of hydrogen-bond donors (Lipinski definition) is 0. The van der Waals surface area contributed by atoms with Gasteiger partial charge in [0.05, 0.1) is 5.69 Å². The molecule has 1 rings (SSSR count). The predicted molar refractivity (Wildman–Crippen MR) is 67.7 cm³/mol. The lowest BCUT2D eigenvalue weighted by Gasteiger charge is -2.22. The Morgan fingerprint density at radius 2 is 1.88 bits per heavy atom. The van der Waals surface area contributed by atoms with Crippen molar-refractivity contribution in [2.45, 2.75) is 10.8 Å². The highest BCUT2D eigenvalue weighted by Crippen LogP contribution is 2.40. The van der Waals surface area contributed by atoms with Gasteiger partial charge in [-0.1, -0.05) is 34.8 Å². The van der Waals surface area contributed by atoms with Crippen molar-refractivity contribution in [3.05, 3.63) is 29.3 Å². The second-order valence-electron chi connectivity index (χ2n) is 2.83. The molecule has 88 valence electrons. The van der Waals surface area contributed by atoms with Gasteiger partial charge in [-0.2, -0.15) is 4.39 Å². The second-order valence-corrected chi connectivity index (χ2v) is 6.06. The number of nitrogens with zero attached hydrogens (tertiary/aromatic N) is 1. The minimum atomic E-state index is -2.56. The Balaban J connectivity index is 2.94. The minimum absolute atomic E-state index is 0.374. The highest BCUT2D eigenvalue weighted by atomic mass is 35.5. The fourth-order valence-corrected chi connectivity index (χ4v) is 2.08. The number of halogens is 4. The molecule has 7 heteroatoms. The highest BCUT2D eigenvalue weighted by molar-refractivity contribution is 8.04. The van der Waals surface area contributed by atoms with Gasteiger partial charge in [-0.3, -0.25) is 4.79 Å². The van der Waals surface area contributed by atoms with Crippen LogP contribution in [0.1, 0.15) is 6.92 Å². The number of hydrogen-bond acceptors (Lipinski definition) is 2. The molecule has 0 fully saturated rings. The maximum absolute atomic E-state index is 13.0. The van der Waals surface area contributed by atoms with E-state index in [1.807, 2.05) is 0 Å². The van der Waals surface area contributed by atoms with Crippen LogP contribution in [0, 0.1) is 0 Å². The molecule has 0 saturated heterocycles. The van der Waals surface area contributed by atoms with Crippen LogP contribution >= 0.6 is 46.8 Å². The summed E-state index contributed by atoms with van der Waals surface area (Å²) in [5.74, 6) is -0.393. The molecule has 0 spiro atoms. The van der Waals surface area contributed by atoms with Crippen molar-refractivity contribution >= 4 is 58.3 Å². The summed E-state index contributed by atoms with van der Waals surface area (Å²) >= 11 is 16.5. The van der Waals surface area contributed by atoms with Crippen LogP contribution in [0.3, 0.4) is 0 Å². The third-order valence-corrected chi connectivity index (χ3v) is 3.07. The first-order valence-corrected chi connectivity index (χ1v) is 6.02. The SMILES string of the molecule is CC(=O)N(SC(F)(Cl)Cl)c1ccc(Cl)cc1. The van der Waals surface area contributed by atoms with E-state index in [0.29, 0.717) is 22.7 Å². The zero-order valence-corrected chi connectivity index (χ0v) is 11.2. The molecular formula is C9H7Cl3FNOS. The Labute approximate surface area is 112 Å². The molecule has 1 aromatic rings. The molecule has 2 nitrogen and oxygen atoms in total. The van der Waals surface area contributed by atoms with Crippen molar-refractivity contribution in [1.82, 2.24) is 0 Å². The van der Waals surface area contributed by atoms with Gasteiger partial charge in [0.25, 0.3) is 0 Å². The fourth-order valence-electron chi connectivity index (χ4n) is 0.979. The Kier molecular flexibility index (Phi) is 4.73. The molecule has 0 N–H and O–H groups in total. The number of anilines is 1. The van der Waals surface area contributed by atoms with Crippen molar-refractivity contribution in [3.63, 3.8) is 0 Å². The van der Waals surface area contributed by atoms with Crippen LogP contribution in [-0.4, -0.2) is 9.83 Å². The molecule has 0 saturated carbocycles. The van der Waals surface area contributed by atoms with Gasteiger partial charge in [-0.15, -0.1) is 0 Å². The van der Waals surface area contributed by atoms with Gasteiger partial charge in [0.15, 0.2) is 0 Å². The molecule has 0 aliphatic carbocycles. The lowest BCUT2D eigenvalue weighted by molar-refractivity contribution is -0.115. The Morgan fingerprint density at radius 1 is 1.38 bits per heavy atom. The van der Waals surface area contributed by atoms with E-state index in [2.05, 4.69) is 0 Å². The van der Waals surface area contributed by atoms with Crippen molar-refractivity contribution in [3.8, 4) is 0 Å². The summed E-state index contributed by atoms with van der Waals surface area (Å²) in [6.07, 6.45) is 0. The van der Waals surface area contributed by atoms with Gasteiger partial charge in [0, 0.05) is 23.9 Å². The number of carbonyl (C=O) groups excluding carboxylic acids is 1. The van der Waals surface area contributed by atoms with Gasteiger partial charge >= 0.3 is 3.92 Å². The number of alkyl halides is 3. The normalized spacial score (nSPS) is 11.3. The van der Waals surface area contributed by atoms with E-state index in [-0.39, 0.29) is 0 Å². The smallest absolute Gasteiger partial charge is 0.274 e. The van der Waals surface area contributed by atoms with Crippen molar-refractivity contribution in [2.24, 2.45) is 0 Å². The molecule has 0 aromatic heterocycles. The summed E-state index contributed by atoms with van der Waals surface area (Å²) in [6, 6.07) is 6.29. The van der Waals surface area contributed by atoms with E-state index in [1.54, 1.807) is 24.3 Å². The third-order valence-electron chi connectivity index (χ3n) is 1.54. The maximum atomic E-state index is 13.0. The van der Waals surface area contributed by atoms with Gasteiger partial charge in [0.2, 0.25) is 5.91 Å². The minimum Gasteiger partial charge on any atom is -0.274 e. The Bertz CT molecular complexity index is 379. The molecule has 0 aliphatic heterocycles. The molecular weight excluding hydrogens is 296 g/mol. The predicted octanol–water partition coefficient (Wildman–Crippen LogP) is 4.40. The molecule has 0 bridgehead atoms. The molecule has 0 unspecified atom stereocenters. The highest BCUT2D eigenvalue weighted by Gasteiger charge is 2.30. The molecule has 0 heterocycles. The van der Waals surface area contributed by atoms with E-state index in [9.17, 15) is 9.18 Å². The van der Waals surface area contributed by atoms with Crippen LogP contribution in [-0.2, 0) is 4.79 Å². The van der Waals surface area contributed by atoms with E-state index in [0.717, 1.165) is 4.31 Å². The zero-order valence-electron chi connectivity index (χ0n) is 8.08. The molecule has 16 heavy (non-hydrogen) atoms. The first-order chi connectivity index (χ1) is 7.29. The Morgan fingerprint density at radius 3 is 2.25 bits per heavy atom. The van der Waals surface area contributed by atoms with E-state index >= 15 is 0 Å². The quantitative estimate of drug-likeness (QED) is 0.609. The summed E-state index contributed by atoms with van der Waals surface area (Å²) in [7, 11) is 0. The standard InChI is InChI=1S/C9H7Cl3FNOS/c1-6(15)14(16-9(11,12)13)8-4-2-7(10)3-5-8/h2-5H,1H3. The third kappa shape index (κ3) is 4.37. The monoisotopic (exact) mass is 301 g/mol. The van der Waals surface area contributed by atoms with Crippen LogP contribution < -0.4 is 4.31 Å². The van der Waals surface area contributed by atoms with Crippen LogP contribution in [0.4, 0.5) is 10.1 Å². The van der Waals surface area contributed by atoms with Gasteiger partial charge in [-0.25, -0.2) is 4.31 Å². The van der Waals surface area contributed by atoms with Crippen molar-refractivity contribution in [1.29, 1.82) is 0 Å². The first kappa shape index (κ1) is 13.9. The summed E-state index contributed by atoms with van der Waals surface area (Å²) < 4.78 is 11.5. The van der Waals surface area contributed by atoms with Crippen LogP contribution in [0.15, 0.2) is 24.3 Å². The topological polar surface area (TPSA) is 20.3 Å². The average molecular weight is 303 g/mol. The number of amides is 1. The van der Waals surface area contributed by atoms with E-state index in [4.69, 9.17) is 34.8 Å². The molecule has 0 radical (unpaired) electrons. The second kappa shape index (κ2) is 5.45. The van der Waals surface area contributed by atoms with E-state index in [1.165, 1.54) is 6.92 Å². The largest absolute Gasteiger partial charge is 0.324 e. The Hall–Kier alpha value is -0.160. The van der Waals surface area contributed by atoms with Gasteiger partial charge in [-0.05, 0) is 24.3 Å². The van der Waals surface area contributed by atoms with Crippen LogP contribution in [0.25, 0.3) is 0 Å². The summed E-state index contributed by atoms with van der Waals surface area (Å²) in [5, 5.41) is 0.514. The molecule has 1 aromatic carbocycles. The lowest BCUT2D eigenvalue weighted by Crippen LogP contribution is -2.24. The van der Waals surface area contributed by atoms with Crippen LogP contribution in [0.2, 0.25) is 5.02 Å². The van der Waals surface area contributed by atoms with Crippen LogP contribution in [0.5, 0.6) is 0 Å². The molecule has 0 aliphatic rings. The van der Waals surface area contributed by atoms with Gasteiger partial charge < -0.3 is 0 Å². The summed E-state index contributed by atoms with van der Waals surface area (Å²) in [4.78, 5) is 11.3. The first-order valence-electron chi connectivity index (χ1n) is 4.12. The van der Waals surface area contributed by atoms with Gasteiger partial charge in [0.1, 0.15) is 0 Å². The molecule has 1 amide bonds. The average Bonchev–Trinajstić information content (AvgIpc) is 2.14. The number of carbonyl (C=O) groups is 1. The maximum Gasteiger partial charge on any atom is 0.324 e. The number of benzene rings is 1. The molecule has 0 atom stereocenters. The van der Waals surface area contributed by atoms with Crippen molar-refractivity contribution < 1.29 is 9.18 Å². The van der Waals surface area contributed by atoms with Crippen molar-refractivity contribution in [2.75, 3.05) is 4.31 Å². The van der Waals surface area contributed by atoms with E-state index < -0.39 is 9.83 Å². The zero-order chi connectivity index (χ0) is 12.3. The lowest BCUT2D eigenvalue weighted by atomic mass is 10.3. The summed E-state index contributed by atoms with van der Waals surface area (Å²) in [6.45, 7) is 1.28.